The summed E-state index contributed by atoms with van der Waals surface area (Å²) in [6, 6.07) is 10.3. The zero-order valence-corrected chi connectivity index (χ0v) is 19.7. The largest absolute Gasteiger partial charge is 0.493 e. The summed E-state index contributed by atoms with van der Waals surface area (Å²) in [5, 5.41) is 6.69. The lowest BCUT2D eigenvalue weighted by molar-refractivity contribution is 0.166. The number of hydrogen-bond acceptors (Lipinski definition) is 4. The van der Waals surface area contributed by atoms with Crippen LogP contribution in [-0.2, 0) is 17.8 Å². The van der Waals surface area contributed by atoms with E-state index < -0.39 is 0 Å². The standard InChI is InChI=1S/C22H30N4O2.HI/c1-16-6-7-19(21(11-16)28-15-18-8-10-27-14-18)12-25-22(23-3)26-13-20-17(2)5-4-9-24-20;/h4-7,9,11,18H,8,10,12-15H2,1-3H3,(H2,23,25,26);1H. The van der Waals surface area contributed by atoms with Crippen LogP contribution in [0, 0.1) is 19.8 Å². The molecule has 158 valence electrons. The molecule has 0 aliphatic carbocycles. The summed E-state index contributed by atoms with van der Waals surface area (Å²) in [5.41, 5.74) is 4.48. The van der Waals surface area contributed by atoms with E-state index in [1.807, 2.05) is 12.3 Å². The van der Waals surface area contributed by atoms with Crippen molar-refractivity contribution in [3.05, 3.63) is 58.9 Å². The number of nitrogens with zero attached hydrogens (tertiary/aromatic N) is 2. The predicted molar refractivity (Wildman–Crippen MR) is 127 cm³/mol. The highest BCUT2D eigenvalue weighted by Crippen LogP contribution is 2.22. The molecule has 1 aliphatic rings. The average molecular weight is 510 g/mol. The number of ether oxygens (including phenoxy) is 2. The molecule has 1 aromatic carbocycles. The van der Waals surface area contributed by atoms with Crippen LogP contribution in [0.2, 0.25) is 0 Å². The Morgan fingerprint density at radius 1 is 1.24 bits per heavy atom. The van der Waals surface area contributed by atoms with Gasteiger partial charge in [-0.05, 0) is 43.5 Å². The number of halogens is 1. The molecular weight excluding hydrogens is 479 g/mol. The number of aliphatic imine (C=N–C) groups is 1. The molecule has 0 saturated carbocycles. The summed E-state index contributed by atoms with van der Waals surface area (Å²) in [5.74, 6) is 2.15. The predicted octanol–water partition coefficient (Wildman–Crippen LogP) is 3.60. The van der Waals surface area contributed by atoms with Crippen molar-refractivity contribution in [1.82, 2.24) is 15.6 Å². The van der Waals surface area contributed by atoms with E-state index in [1.165, 1.54) is 5.56 Å². The van der Waals surface area contributed by atoms with Gasteiger partial charge in [-0.2, -0.15) is 0 Å². The van der Waals surface area contributed by atoms with Crippen molar-refractivity contribution in [2.24, 2.45) is 10.9 Å². The maximum Gasteiger partial charge on any atom is 0.191 e. The minimum atomic E-state index is 0. The van der Waals surface area contributed by atoms with Crippen LogP contribution in [0.4, 0.5) is 0 Å². The summed E-state index contributed by atoms with van der Waals surface area (Å²) >= 11 is 0. The third-order valence-electron chi connectivity index (χ3n) is 4.93. The molecule has 1 fully saturated rings. The summed E-state index contributed by atoms with van der Waals surface area (Å²) in [7, 11) is 1.77. The molecule has 0 radical (unpaired) electrons. The van der Waals surface area contributed by atoms with Gasteiger partial charge in [0, 0.05) is 37.9 Å². The van der Waals surface area contributed by atoms with Crippen LogP contribution in [0.15, 0.2) is 41.5 Å². The molecule has 1 atom stereocenters. The Morgan fingerprint density at radius 3 is 2.79 bits per heavy atom. The maximum absolute atomic E-state index is 6.12. The number of pyridine rings is 1. The molecular formula is C22H31IN4O2. The fourth-order valence-corrected chi connectivity index (χ4v) is 3.14. The number of benzene rings is 1. The van der Waals surface area contributed by atoms with Gasteiger partial charge in [-0.25, -0.2) is 0 Å². The number of aromatic nitrogens is 1. The fourth-order valence-electron chi connectivity index (χ4n) is 3.14. The van der Waals surface area contributed by atoms with E-state index in [1.54, 1.807) is 7.05 Å². The van der Waals surface area contributed by atoms with Gasteiger partial charge in [-0.15, -0.1) is 24.0 Å². The minimum Gasteiger partial charge on any atom is -0.493 e. The quantitative estimate of drug-likeness (QED) is 0.339. The molecule has 1 saturated heterocycles. The highest BCUT2D eigenvalue weighted by Gasteiger charge is 2.17. The first-order chi connectivity index (χ1) is 13.7. The van der Waals surface area contributed by atoms with Crippen molar-refractivity contribution in [3.63, 3.8) is 0 Å². The maximum atomic E-state index is 6.12. The topological polar surface area (TPSA) is 67.8 Å². The van der Waals surface area contributed by atoms with E-state index in [0.29, 0.717) is 25.6 Å². The van der Waals surface area contributed by atoms with Gasteiger partial charge in [-0.1, -0.05) is 18.2 Å². The first-order valence-electron chi connectivity index (χ1n) is 9.81. The first-order valence-corrected chi connectivity index (χ1v) is 9.81. The number of nitrogens with one attached hydrogen (secondary N) is 2. The SMILES string of the molecule is CN=C(NCc1ccc(C)cc1OCC1CCOC1)NCc1ncccc1C.I. The lowest BCUT2D eigenvalue weighted by atomic mass is 10.1. The Kier molecular flexibility index (Phi) is 9.66. The molecule has 7 heteroatoms. The summed E-state index contributed by atoms with van der Waals surface area (Å²) in [4.78, 5) is 8.73. The van der Waals surface area contributed by atoms with Gasteiger partial charge >= 0.3 is 0 Å². The number of rotatable bonds is 7. The molecule has 29 heavy (non-hydrogen) atoms. The number of guanidine groups is 1. The summed E-state index contributed by atoms with van der Waals surface area (Å²) in [6.45, 7) is 7.74. The van der Waals surface area contributed by atoms with Crippen molar-refractivity contribution in [2.45, 2.75) is 33.4 Å². The summed E-state index contributed by atoms with van der Waals surface area (Å²) in [6.07, 6.45) is 2.88. The van der Waals surface area contributed by atoms with Crippen LogP contribution >= 0.6 is 24.0 Å². The van der Waals surface area contributed by atoms with E-state index >= 15 is 0 Å². The second kappa shape index (κ2) is 12.0. The second-order valence-electron chi connectivity index (χ2n) is 7.20. The Morgan fingerprint density at radius 2 is 2.07 bits per heavy atom. The van der Waals surface area contributed by atoms with Gasteiger partial charge in [0.05, 0.1) is 25.5 Å². The van der Waals surface area contributed by atoms with E-state index in [9.17, 15) is 0 Å². The van der Waals surface area contributed by atoms with Crippen molar-refractivity contribution < 1.29 is 9.47 Å². The average Bonchev–Trinajstić information content (AvgIpc) is 3.22. The lowest BCUT2D eigenvalue weighted by Crippen LogP contribution is -2.36. The molecule has 2 heterocycles. The van der Waals surface area contributed by atoms with Gasteiger partial charge in [0.25, 0.3) is 0 Å². The molecule has 0 amide bonds. The molecule has 6 nitrogen and oxygen atoms in total. The molecule has 3 rings (SSSR count). The van der Waals surface area contributed by atoms with E-state index in [4.69, 9.17) is 9.47 Å². The Balaban J connectivity index is 0.00000300. The molecule has 1 unspecified atom stereocenters. The Labute approximate surface area is 190 Å². The van der Waals surface area contributed by atoms with Gasteiger partial charge in [0.15, 0.2) is 5.96 Å². The lowest BCUT2D eigenvalue weighted by Gasteiger charge is -2.17. The highest BCUT2D eigenvalue weighted by molar-refractivity contribution is 14.0. The normalized spacial score (nSPS) is 16.2. The molecule has 0 spiro atoms. The van der Waals surface area contributed by atoms with Crippen LogP contribution in [-0.4, -0.2) is 37.8 Å². The molecule has 2 N–H and O–H groups in total. The van der Waals surface area contributed by atoms with Crippen molar-refractivity contribution in [2.75, 3.05) is 26.9 Å². The Hall–Kier alpha value is -1.87. The van der Waals surface area contributed by atoms with Crippen molar-refractivity contribution >= 4 is 29.9 Å². The molecule has 2 aromatic rings. The Bertz CT molecular complexity index is 807. The molecule has 1 aromatic heterocycles. The first kappa shape index (κ1) is 23.4. The highest BCUT2D eigenvalue weighted by atomic mass is 127. The molecule has 1 aliphatic heterocycles. The van der Waals surface area contributed by atoms with Crippen molar-refractivity contribution in [3.8, 4) is 5.75 Å². The number of hydrogen-bond donors (Lipinski definition) is 2. The van der Waals surface area contributed by atoms with E-state index in [0.717, 1.165) is 48.2 Å². The van der Waals surface area contributed by atoms with Crippen LogP contribution in [0.25, 0.3) is 0 Å². The smallest absolute Gasteiger partial charge is 0.191 e. The van der Waals surface area contributed by atoms with Gasteiger partial charge < -0.3 is 20.1 Å². The second-order valence-corrected chi connectivity index (χ2v) is 7.20. The zero-order valence-electron chi connectivity index (χ0n) is 17.4. The van der Waals surface area contributed by atoms with Crippen molar-refractivity contribution in [1.29, 1.82) is 0 Å². The summed E-state index contributed by atoms with van der Waals surface area (Å²) < 4.78 is 11.6. The van der Waals surface area contributed by atoms with Gasteiger partial charge in [0.1, 0.15) is 5.75 Å². The van der Waals surface area contributed by atoms with Gasteiger partial charge in [0.2, 0.25) is 0 Å². The van der Waals surface area contributed by atoms with Crippen LogP contribution < -0.4 is 15.4 Å². The van der Waals surface area contributed by atoms with Crippen LogP contribution in [0.5, 0.6) is 5.75 Å². The van der Waals surface area contributed by atoms with E-state index in [-0.39, 0.29) is 24.0 Å². The molecule has 0 bridgehead atoms. The van der Waals surface area contributed by atoms with Crippen LogP contribution in [0.1, 0.15) is 28.8 Å². The van der Waals surface area contributed by atoms with Crippen LogP contribution in [0.3, 0.4) is 0 Å². The third-order valence-corrected chi connectivity index (χ3v) is 4.93. The van der Waals surface area contributed by atoms with Gasteiger partial charge in [-0.3, -0.25) is 9.98 Å². The third kappa shape index (κ3) is 7.15. The van der Waals surface area contributed by atoms with E-state index in [2.05, 4.69) is 58.7 Å². The number of aryl methyl sites for hydroxylation is 2. The zero-order chi connectivity index (χ0) is 19.8. The minimum absolute atomic E-state index is 0. The fraction of sp³-hybridized carbons (Fsp3) is 0.455. The monoisotopic (exact) mass is 510 g/mol.